The molecule has 3 rings (SSSR count). The molecule has 0 bridgehead atoms. The van der Waals surface area contributed by atoms with Crippen LogP contribution in [-0.4, -0.2) is 57.5 Å². The highest BCUT2D eigenvalue weighted by molar-refractivity contribution is 5.99. The first-order valence-corrected chi connectivity index (χ1v) is 9.93. The topological polar surface area (TPSA) is 177 Å². The molecule has 3 aromatic carbocycles. The molecular formula is C24H21NO9. The number of ether oxygens (including phenoxy) is 2. The highest BCUT2D eigenvalue weighted by atomic mass is 16.5. The molecule has 0 saturated heterocycles. The van der Waals surface area contributed by atoms with Crippen molar-refractivity contribution >= 4 is 17.3 Å². The van der Waals surface area contributed by atoms with Crippen LogP contribution in [0.4, 0.5) is 0 Å². The summed E-state index contributed by atoms with van der Waals surface area (Å²) in [6.45, 7) is -1.22. The van der Waals surface area contributed by atoms with E-state index in [2.05, 4.69) is 0 Å². The van der Waals surface area contributed by atoms with Crippen molar-refractivity contribution in [2.75, 3.05) is 19.8 Å². The summed E-state index contributed by atoms with van der Waals surface area (Å²) in [5.41, 5.74) is 5.77. The largest absolute Gasteiger partial charge is 0.504 e. The molecule has 0 aromatic heterocycles. The summed E-state index contributed by atoms with van der Waals surface area (Å²) in [5, 5.41) is 37.9. The lowest BCUT2D eigenvalue weighted by Crippen LogP contribution is -2.16. The minimum atomic E-state index is -0.535. The lowest BCUT2D eigenvalue weighted by atomic mass is 10.1. The third-order valence-electron chi connectivity index (χ3n) is 4.76. The summed E-state index contributed by atoms with van der Waals surface area (Å²) < 4.78 is 11.1. The van der Waals surface area contributed by atoms with Crippen LogP contribution < -0.4 is 15.2 Å². The molecule has 34 heavy (non-hydrogen) atoms. The molecule has 0 atom stereocenters. The minimum absolute atomic E-state index is 0.00277. The smallest absolute Gasteiger partial charge is 0.200 e. The zero-order valence-electron chi connectivity index (χ0n) is 17.7. The predicted octanol–water partition coefficient (Wildman–Crippen LogP) is 2.17. The highest BCUT2D eigenvalue weighted by Crippen LogP contribution is 2.30. The van der Waals surface area contributed by atoms with Gasteiger partial charge >= 0.3 is 0 Å². The van der Waals surface area contributed by atoms with Crippen molar-refractivity contribution in [1.82, 2.24) is 0 Å². The van der Waals surface area contributed by atoms with E-state index in [9.17, 15) is 34.8 Å². The van der Waals surface area contributed by atoms with E-state index in [-0.39, 0.29) is 52.0 Å². The summed E-state index contributed by atoms with van der Waals surface area (Å²) in [6.07, 6.45) is 0. The Labute approximate surface area is 193 Å². The molecule has 0 amide bonds. The van der Waals surface area contributed by atoms with Crippen LogP contribution in [0, 0.1) is 0 Å². The Balaban J connectivity index is 1.77. The monoisotopic (exact) mass is 467 g/mol. The summed E-state index contributed by atoms with van der Waals surface area (Å²) in [7, 11) is 0. The van der Waals surface area contributed by atoms with Crippen LogP contribution in [-0.2, 0) is 0 Å². The Morgan fingerprint density at radius 1 is 0.588 bits per heavy atom. The zero-order valence-corrected chi connectivity index (χ0v) is 17.7. The number of aromatic hydroxyl groups is 4. The molecule has 10 heteroatoms. The van der Waals surface area contributed by atoms with Gasteiger partial charge in [-0.2, -0.15) is 0 Å². The van der Waals surface area contributed by atoms with Gasteiger partial charge in [-0.3, -0.25) is 14.4 Å². The van der Waals surface area contributed by atoms with Gasteiger partial charge in [-0.25, -0.2) is 0 Å². The molecule has 0 aliphatic carbocycles. The Morgan fingerprint density at radius 2 is 1.03 bits per heavy atom. The molecule has 0 fully saturated rings. The fourth-order valence-corrected chi connectivity index (χ4v) is 2.88. The van der Waals surface area contributed by atoms with Gasteiger partial charge in [-0.15, -0.1) is 0 Å². The third-order valence-corrected chi connectivity index (χ3v) is 4.76. The van der Waals surface area contributed by atoms with E-state index >= 15 is 0 Å². The molecule has 0 spiro atoms. The van der Waals surface area contributed by atoms with Crippen molar-refractivity contribution in [2.45, 2.75) is 0 Å². The standard InChI is InChI=1S/C24H21NO9/c25-10-20(30)15-3-6-23(33-11-21(31)13-1-4-16(26)18(28)7-13)24(9-15)34-12-22(32)14-2-5-17(27)19(29)8-14/h1-9,26-29H,10-12,25H2. The molecule has 0 aliphatic heterocycles. The number of rotatable bonds is 10. The van der Waals surface area contributed by atoms with Gasteiger partial charge in [-0.1, -0.05) is 0 Å². The van der Waals surface area contributed by atoms with Gasteiger partial charge in [0.05, 0.1) is 6.54 Å². The van der Waals surface area contributed by atoms with Gasteiger partial charge < -0.3 is 35.6 Å². The van der Waals surface area contributed by atoms with Gasteiger partial charge in [0.15, 0.2) is 65.1 Å². The van der Waals surface area contributed by atoms with E-state index in [1.165, 1.54) is 30.3 Å². The number of Topliss-reactive ketones (excluding diaryl/α,β-unsaturated/α-hetero) is 3. The third kappa shape index (κ3) is 5.61. The van der Waals surface area contributed by atoms with E-state index in [4.69, 9.17) is 15.2 Å². The van der Waals surface area contributed by atoms with Crippen molar-refractivity contribution in [3.8, 4) is 34.5 Å². The van der Waals surface area contributed by atoms with Gasteiger partial charge in [0.25, 0.3) is 0 Å². The number of ketones is 3. The molecule has 10 nitrogen and oxygen atoms in total. The second-order valence-corrected chi connectivity index (χ2v) is 7.12. The SMILES string of the molecule is NCC(=O)c1ccc(OCC(=O)c2ccc(O)c(O)c2)c(OCC(=O)c2ccc(O)c(O)c2)c1. The molecule has 0 saturated carbocycles. The Bertz CT molecular complexity index is 1250. The quantitative estimate of drug-likeness (QED) is 0.219. The molecule has 0 unspecified atom stereocenters. The average molecular weight is 467 g/mol. The number of nitrogens with two attached hydrogens (primary N) is 1. The summed E-state index contributed by atoms with van der Waals surface area (Å²) >= 11 is 0. The van der Waals surface area contributed by atoms with E-state index in [1.807, 2.05) is 0 Å². The van der Waals surface area contributed by atoms with E-state index < -0.39 is 36.3 Å². The van der Waals surface area contributed by atoms with Crippen LogP contribution in [0.5, 0.6) is 34.5 Å². The fraction of sp³-hybridized carbons (Fsp3) is 0.125. The number of hydrogen-bond donors (Lipinski definition) is 5. The second-order valence-electron chi connectivity index (χ2n) is 7.12. The van der Waals surface area contributed by atoms with Gasteiger partial charge in [0.1, 0.15) is 0 Å². The van der Waals surface area contributed by atoms with Gasteiger partial charge in [0.2, 0.25) is 0 Å². The maximum Gasteiger partial charge on any atom is 0.200 e. The van der Waals surface area contributed by atoms with Crippen molar-refractivity contribution in [1.29, 1.82) is 0 Å². The van der Waals surface area contributed by atoms with Crippen LogP contribution in [0.25, 0.3) is 0 Å². The lowest BCUT2D eigenvalue weighted by molar-refractivity contribution is 0.0894. The first-order chi connectivity index (χ1) is 16.2. The molecule has 176 valence electrons. The molecule has 6 N–H and O–H groups in total. The normalized spacial score (nSPS) is 10.5. The van der Waals surface area contributed by atoms with Crippen LogP contribution in [0.3, 0.4) is 0 Å². The van der Waals surface area contributed by atoms with Crippen LogP contribution >= 0.6 is 0 Å². The van der Waals surface area contributed by atoms with E-state index in [0.29, 0.717) is 0 Å². The van der Waals surface area contributed by atoms with Crippen molar-refractivity contribution in [2.24, 2.45) is 5.73 Å². The predicted molar refractivity (Wildman–Crippen MR) is 119 cm³/mol. The number of hydrogen-bond acceptors (Lipinski definition) is 10. The van der Waals surface area contributed by atoms with Gasteiger partial charge in [0, 0.05) is 16.7 Å². The van der Waals surface area contributed by atoms with Crippen molar-refractivity contribution < 1.29 is 44.3 Å². The molecule has 0 heterocycles. The molecular weight excluding hydrogens is 446 g/mol. The number of benzene rings is 3. The number of phenolic OH excluding ortho intramolecular Hbond substituents is 4. The maximum atomic E-state index is 12.4. The highest BCUT2D eigenvalue weighted by Gasteiger charge is 2.16. The summed E-state index contributed by atoms with van der Waals surface area (Å²) in [6, 6.07) is 11.2. The van der Waals surface area contributed by atoms with E-state index in [0.717, 1.165) is 24.3 Å². The second kappa shape index (κ2) is 10.4. The first-order valence-electron chi connectivity index (χ1n) is 9.93. The summed E-state index contributed by atoms with van der Waals surface area (Å²) in [5.74, 6) is -3.06. The Kier molecular flexibility index (Phi) is 7.34. The molecule has 0 aliphatic rings. The van der Waals surface area contributed by atoms with Gasteiger partial charge in [-0.05, 0) is 54.6 Å². The number of carbonyl (C=O) groups is 3. The Morgan fingerprint density at radius 3 is 1.50 bits per heavy atom. The van der Waals surface area contributed by atoms with E-state index in [1.54, 1.807) is 0 Å². The van der Waals surface area contributed by atoms with Crippen LogP contribution in [0.1, 0.15) is 31.1 Å². The number of carbonyl (C=O) groups excluding carboxylic acids is 3. The average Bonchev–Trinajstić information content (AvgIpc) is 2.84. The number of phenols is 4. The lowest BCUT2D eigenvalue weighted by Gasteiger charge is -2.14. The van der Waals surface area contributed by atoms with Crippen molar-refractivity contribution in [3.63, 3.8) is 0 Å². The fourth-order valence-electron chi connectivity index (χ4n) is 2.88. The molecule has 3 aromatic rings. The van der Waals surface area contributed by atoms with Crippen LogP contribution in [0.2, 0.25) is 0 Å². The van der Waals surface area contributed by atoms with Crippen molar-refractivity contribution in [3.05, 3.63) is 71.3 Å². The van der Waals surface area contributed by atoms with Crippen LogP contribution in [0.15, 0.2) is 54.6 Å². The maximum absolute atomic E-state index is 12.4. The summed E-state index contributed by atoms with van der Waals surface area (Å²) in [4.78, 5) is 36.8. The zero-order chi connectivity index (χ0) is 24.8. The molecule has 0 radical (unpaired) electrons. The Hall–Kier alpha value is -4.57. The first kappa shape index (κ1) is 24.1. The minimum Gasteiger partial charge on any atom is -0.504 e.